The van der Waals surface area contributed by atoms with Crippen molar-refractivity contribution in [1.29, 1.82) is 0 Å². The smallest absolute Gasteiger partial charge is 0.280 e. The van der Waals surface area contributed by atoms with Crippen LogP contribution in [0.15, 0.2) is 176 Å². The fourth-order valence-corrected chi connectivity index (χ4v) is 7.00. The second-order valence-corrected chi connectivity index (χ2v) is 14.2. The van der Waals surface area contributed by atoms with Gasteiger partial charge in [-0.3, -0.25) is 14.4 Å². The van der Waals surface area contributed by atoms with Gasteiger partial charge in [-0.15, -0.1) is 0 Å². The molecule has 0 radical (unpaired) electrons. The molecule has 11 heteroatoms. The minimum atomic E-state index is -1.11. The number of rotatable bonds is 10. The number of hydrogen-bond donors (Lipinski definition) is 0. The number of aryl methyl sites for hydroxylation is 4. The number of nitrogens with zero attached hydrogens (tertiary/aromatic N) is 8. The summed E-state index contributed by atoms with van der Waals surface area (Å²) in [5, 5.41) is 30.7. The SMILES string of the molecule is Cc1ccc(N2N=C(c3ccccc3)C(N=Nc3ccc(C(=O)c4ccccc4)cc3N=NC3C(=O)N(c4ccc(C)cc4C)N=C3c3ccccc3)C2=O)c(C)c1. The number of hydrogen-bond acceptors (Lipinski definition) is 9. The van der Waals surface area contributed by atoms with Crippen molar-refractivity contribution in [1.82, 2.24) is 0 Å². The minimum absolute atomic E-state index is 0.172. The highest BCUT2D eigenvalue weighted by atomic mass is 16.2. The predicted octanol–water partition coefficient (Wildman–Crippen LogP) is 9.96. The molecule has 0 aromatic heterocycles. The molecule has 6 aromatic rings. The molecule has 6 aromatic carbocycles. The Kier molecular flexibility index (Phi) is 10.3. The Balaban J connectivity index is 1.20. The van der Waals surface area contributed by atoms with Gasteiger partial charge in [-0.05, 0) is 69.2 Å². The summed E-state index contributed by atoms with van der Waals surface area (Å²) in [6.07, 6.45) is 0. The molecule has 0 bridgehead atoms. The first kappa shape index (κ1) is 37.4. The van der Waals surface area contributed by atoms with Crippen molar-refractivity contribution in [3.05, 3.63) is 190 Å². The van der Waals surface area contributed by atoms with Gasteiger partial charge in [0.15, 0.2) is 17.9 Å². The van der Waals surface area contributed by atoms with Crippen molar-refractivity contribution >= 4 is 51.8 Å². The topological polar surface area (TPSA) is 132 Å². The second-order valence-electron chi connectivity index (χ2n) is 14.2. The third-order valence-electron chi connectivity index (χ3n) is 9.95. The Morgan fingerprint density at radius 3 is 1.41 bits per heavy atom. The van der Waals surface area contributed by atoms with Crippen molar-refractivity contribution in [2.75, 3.05) is 10.0 Å². The van der Waals surface area contributed by atoms with Crippen LogP contribution in [0.25, 0.3) is 0 Å². The van der Waals surface area contributed by atoms with Crippen molar-refractivity contribution < 1.29 is 14.4 Å². The van der Waals surface area contributed by atoms with E-state index < -0.39 is 12.1 Å². The van der Waals surface area contributed by atoms with Gasteiger partial charge < -0.3 is 0 Å². The maximum absolute atomic E-state index is 14.2. The molecule has 2 unspecified atom stereocenters. The number of anilines is 2. The highest BCUT2D eigenvalue weighted by molar-refractivity contribution is 6.25. The molecule has 2 aliphatic rings. The lowest BCUT2D eigenvalue weighted by molar-refractivity contribution is -0.118. The highest BCUT2D eigenvalue weighted by Gasteiger charge is 2.40. The second kappa shape index (κ2) is 15.9. The molecule has 2 atom stereocenters. The van der Waals surface area contributed by atoms with Crippen LogP contribution in [-0.4, -0.2) is 41.1 Å². The standard InChI is InChI=1S/C47H38N8O3/c1-29-20-24-39(31(3)26-29)54-46(57)43(41(52-54)33-14-8-5-9-15-33)50-48-37-23-22-36(45(56)35-18-12-7-13-19-35)28-38(37)49-51-44-42(34-16-10-6-11-17-34)53-55(47(44)58)40-25-21-30(2)27-32(40)4/h5-28,43-44H,1-4H3. The van der Waals surface area contributed by atoms with Gasteiger partial charge in [0.05, 0.1) is 11.4 Å². The van der Waals surface area contributed by atoms with Crippen LogP contribution in [0, 0.1) is 27.7 Å². The molecule has 0 N–H and O–H groups in total. The molecule has 8 rings (SSSR count). The molecule has 2 heterocycles. The van der Waals surface area contributed by atoms with Gasteiger partial charge in [-0.25, -0.2) is 0 Å². The zero-order chi connectivity index (χ0) is 40.3. The molecule has 0 fully saturated rings. The van der Waals surface area contributed by atoms with E-state index in [9.17, 15) is 14.4 Å². The first-order valence-electron chi connectivity index (χ1n) is 18.8. The van der Waals surface area contributed by atoms with Crippen LogP contribution in [0.3, 0.4) is 0 Å². The quantitative estimate of drug-likeness (QED) is 0.102. The van der Waals surface area contributed by atoms with Gasteiger partial charge in [-0.1, -0.05) is 126 Å². The van der Waals surface area contributed by atoms with Crippen LogP contribution < -0.4 is 10.0 Å². The maximum Gasteiger partial charge on any atom is 0.280 e. The molecular formula is C47H38N8O3. The molecule has 0 saturated carbocycles. The van der Waals surface area contributed by atoms with Crippen LogP contribution in [0.5, 0.6) is 0 Å². The van der Waals surface area contributed by atoms with E-state index in [1.165, 1.54) is 10.0 Å². The van der Waals surface area contributed by atoms with Crippen molar-refractivity contribution in [2.45, 2.75) is 39.8 Å². The van der Waals surface area contributed by atoms with Crippen LogP contribution in [-0.2, 0) is 9.59 Å². The van der Waals surface area contributed by atoms with Gasteiger partial charge in [-0.2, -0.15) is 40.7 Å². The predicted molar refractivity (Wildman–Crippen MR) is 226 cm³/mol. The average molecular weight is 763 g/mol. The monoisotopic (exact) mass is 762 g/mol. The molecule has 58 heavy (non-hydrogen) atoms. The van der Waals surface area contributed by atoms with Gasteiger partial charge in [0.1, 0.15) is 22.8 Å². The van der Waals surface area contributed by atoms with Gasteiger partial charge in [0.2, 0.25) is 0 Å². The third-order valence-corrected chi connectivity index (χ3v) is 9.95. The summed E-state index contributed by atoms with van der Waals surface area (Å²) in [5.74, 6) is -1.00. The summed E-state index contributed by atoms with van der Waals surface area (Å²) < 4.78 is 0. The molecule has 2 amide bonds. The van der Waals surface area contributed by atoms with Crippen LogP contribution in [0.2, 0.25) is 0 Å². The van der Waals surface area contributed by atoms with E-state index in [1.54, 1.807) is 42.5 Å². The van der Waals surface area contributed by atoms with E-state index in [-0.39, 0.29) is 29.0 Å². The number of benzene rings is 6. The number of carbonyl (C=O) groups is 3. The fraction of sp³-hybridized carbons (Fsp3) is 0.128. The number of azo groups is 2. The maximum atomic E-state index is 14.2. The van der Waals surface area contributed by atoms with Crippen molar-refractivity contribution in [3.63, 3.8) is 0 Å². The minimum Gasteiger partial charge on any atom is -0.289 e. The van der Waals surface area contributed by atoms with Crippen LogP contribution >= 0.6 is 0 Å². The number of carbonyl (C=O) groups excluding carboxylic acids is 3. The lowest BCUT2D eigenvalue weighted by atomic mass is 10.0. The van der Waals surface area contributed by atoms with E-state index in [4.69, 9.17) is 10.2 Å². The normalized spacial score (nSPS) is 16.8. The number of hydrazone groups is 2. The summed E-state index contributed by atoms with van der Waals surface area (Å²) in [4.78, 5) is 42.0. The lowest BCUT2D eigenvalue weighted by Crippen LogP contribution is -2.31. The molecular weight excluding hydrogens is 725 g/mol. The largest absolute Gasteiger partial charge is 0.289 e. The van der Waals surface area contributed by atoms with E-state index in [2.05, 4.69) is 20.5 Å². The van der Waals surface area contributed by atoms with E-state index in [1.807, 2.05) is 131 Å². The molecule has 0 aliphatic carbocycles. The van der Waals surface area contributed by atoms with Crippen molar-refractivity contribution in [3.8, 4) is 0 Å². The lowest BCUT2D eigenvalue weighted by Gasteiger charge is -2.15. The van der Waals surface area contributed by atoms with Gasteiger partial charge >= 0.3 is 0 Å². The third kappa shape index (κ3) is 7.40. The molecule has 284 valence electrons. The first-order chi connectivity index (χ1) is 28.2. The van der Waals surface area contributed by atoms with E-state index in [0.29, 0.717) is 39.5 Å². The zero-order valence-corrected chi connectivity index (χ0v) is 32.3. The molecule has 0 saturated heterocycles. The Hall–Kier alpha value is -7.53. The molecule has 0 spiro atoms. The Morgan fingerprint density at radius 1 is 0.500 bits per heavy atom. The Morgan fingerprint density at radius 2 is 0.948 bits per heavy atom. The summed E-state index contributed by atoms with van der Waals surface area (Å²) in [6, 6.07) is 41.8. The van der Waals surface area contributed by atoms with Crippen LogP contribution in [0.4, 0.5) is 22.7 Å². The van der Waals surface area contributed by atoms with E-state index >= 15 is 0 Å². The molecule has 2 aliphatic heterocycles. The number of amides is 2. The summed E-state index contributed by atoms with van der Waals surface area (Å²) in [6.45, 7) is 7.84. The summed E-state index contributed by atoms with van der Waals surface area (Å²) >= 11 is 0. The fourth-order valence-electron chi connectivity index (χ4n) is 7.00. The Bertz CT molecular complexity index is 2690. The van der Waals surface area contributed by atoms with Crippen molar-refractivity contribution in [2.24, 2.45) is 30.7 Å². The summed E-state index contributed by atoms with van der Waals surface area (Å²) in [5.41, 5.74) is 8.67. The van der Waals surface area contributed by atoms with Gasteiger partial charge in [0.25, 0.3) is 11.8 Å². The Labute approximate surface area is 335 Å². The van der Waals surface area contributed by atoms with E-state index in [0.717, 1.165) is 27.8 Å². The van der Waals surface area contributed by atoms with Crippen LogP contribution in [0.1, 0.15) is 49.3 Å². The number of ketones is 1. The zero-order valence-electron chi connectivity index (χ0n) is 32.3. The van der Waals surface area contributed by atoms with Gasteiger partial charge in [0, 0.05) is 22.3 Å². The average Bonchev–Trinajstić information content (AvgIpc) is 3.75. The first-order valence-corrected chi connectivity index (χ1v) is 18.8. The highest BCUT2D eigenvalue weighted by Crippen LogP contribution is 2.35. The summed E-state index contributed by atoms with van der Waals surface area (Å²) in [7, 11) is 0. The molecule has 11 nitrogen and oxygen atoms in total.